The molecule has 0 atom stereocenters. The zero-order valence-corrected chi connectivity index (χ0v) is 4.80. The fraction of sp³-hybridized carbons (Fsp3) is 0.600. The van der Waals surface area contributed by atoms with Crippen LogP contribution in [-0.4, -0.2) is 22.3 Å². The van der Waals surface area contributed by atoms with Crippen molar-refractivity contribution in [3.63, 3.8) is 0 Å². The predicted molar refractivity (Wildman–Crippen MR) is 34.4 cm³/mol. The number of aromatic amines is 1. The minimum Gasteiger partial charge on any atom is -0.466 e. The van der Waals surface area contributed by atoms with E-state index in [1.165, 1.54) is 7.11 Å². The summed E-state index contributed by atoms with van der Waals surface area (Å²) in [6.45, 7) is 1.82. The third kappa shape index (κ3) is 1.71. The van der Waals surface area contributed by atoms with Crippen LogP contribution in [0.1, 0.15) is 13.3 Å². The fourth-order valence-corrected chi connectivity index (χ4v) is 0.413. The molecule has 1 rings (SSSR count). The van der Waals surface area contributed by atoms with Crippen LogP contribution in [0.2, 0.25) is 0 Å². The molecule has 0 fully saturated rings. The number of hydrogen-bond acceptors (Lipinski definition) is 3. The molecular weight excluding hydrogens is 118 g/mol. The van der Waals surface area contributed by atoms with Crippen LogP contribution < -0.4 is 4.74 Å². The number of H-pyrrole nitrogens is 1. The van der Waals surface area contributed by atoms with Crippen LogP contribution in [0.3, 0.4) is 0 Å². The van der Waals surface area contributed by atoms with E-state index in [4.69, 9.17) is 0 Å². The van der Waals surface area contributed by atoms with Gasteiger partial charge < -0.3 is 4.74 Å². The van der Waals surface area contributed by atoms with Gasteiger partial charge >= 0.3 is 6.01 Å². The van der Waals surface area contributed by atoms with Gasteiger partial charge in [-0.15, -0.1) is 5.10 Å². The monoisotopic (exact) mass is 129 g/mol. The largest absolute Gasteiger partial charge is 0.466 e. The van der Waals surface area contributed by atoms with E-state index in [0.29, 0.717) is 6.01 Å². The first-order valence-corrected chi connectivity index (χ1v) is 2.26. The number of rotatable bonds is 1. The van der Waals surface area contributed by atoms with Gasteiger partial charge in [0.15, 0.2) is 0 Å². The lowest BCUT2D eigenvalue weighted by Gasteiger charge is -1.83. The summed E-state index contributed by atoms with van der Waals surface area (Å²) in [5, 5.41) is 6.31. The molecular formula is C5H11N3O. The van der Waals surface area contributed by atoms with Gasteiger partial charge in [-0.2, -0.15) is 4.98 Å². The lowest BCUT2D eigenvalue weighted by Crippen LogP contribution is -1.82. The first kappa shape index (κ1) is 7.94. The van der Waals surface area contributed by atoms with Crippen LogP contribution in [0.15, 0.2) is 0 Å². The zero-order valence-electron chi connectivity index (χ0n) is 4.80. The van der Waals surface area contributed by atoms with E-state index in [0.717, 1.165) is 5.82 Å². The highest BCUT2D eigenvalue weighted by Gasteiger charge is 1.93. The predicted octanol–water partition coefficient (Wildman–Crippen LogP) is 0.758. The van der Waals surface area contributed by atoms with Crippen molar-refractivity contribution in [3.8, 4) is 6.01 Å². The highest BCUT2D eigenvalue weighted by Crippen LogP contribution is 1.96. The summed E-state index contributed by atoms with van der Waals surface area (Å²) in [5.74, 6) is 0.766. The summed E-state index contributed by atoms with van der Waals surface area (Å²) in [7, 11) is 1.53. The van der Waals surface area contributed by atoms with Crippen molar-refractivity contribution in [1.29, 1.82) is 0 Å². The highest BCUT2D eigenvalue weighted by molar-refractivity contribution is 4.91. The van der Waals surface area contributed by atoms with Crippen molar-refractivity contribution in [2.45, 2.75) is 14.4 Å². The number of nitrogens with one attached hydrogen (secondary N) is 1. The zero-order chi connectivity index (χ0) is 5.98. The number of hydrogen-bond donors (Lipinski definition) is 1. The van der Waals surface area contributed by atoms with E-state index < -0.39 is 0 Å². The minimum absolute atomic E-state index is 0. The van der Waals surface area contributed by atoms with Gasteiger partial charge in [0.25, 0.3) is 0 Å². The van der Waals surface area contributed by atoms with Gasteiger partial charge in [-0.25, -0.2) is 0 Å². The molecule has 0 aliphatic rings. The number of methoxy groups -OCH3 is 1. The third-order valence-corrected chi connectivity index (χ3v) is 0.759. The van der Waals surface area contributed by atoms with E-state index >= 15 is 0 Å². The van der Waals surface area contributed by atoms with Crippen molar-refractivity contribution < 1.29 is 4.74 Å². The third-order valence-electron chi connectivity index (χ3n) is 0.759. The minimum atomic E-state index is 0. The molecule has 0 aromatic carbocycles. The molecule has 9 heavy (non-hydrogen) atoms. The maximum absolute atomic E-state index is 4.68. The van der Waals surface area contributed by atoms with Gasteiger partial charge in [0.1, 0.15) is 5.82 Å². The normalized spacial score (nSPS) is 8.22. The van der Waals surface area contributed by atoms with Crippen molar-refractivity contribution in [1.82, 2.24) is 15.2 Å². The van der Waals surface area contributed by atoms with E-state index in [9.17, 15) is 0 Å². The Morgan fingerprint density at radius 3 is 2.44 bits per heavy atom. The summed E-state index contributed by atoms with van der Waals surface area (Å²) in [6.07, 6.45) is 0. The average Bonchev–Trinajstić information content (AvgIpc) is 2.14. The molecule has 1 aromatic rings. The van der Waals surface area contributed by atoms with Crippen LogP contribution >= 0.6 is 0 Å². The van der Waals surface area contributed by atoms with Crippen molar-refractivity contribution in [3.05, 3.63) is 5.82 Å². The first-order valence-electron chi connectivity index (χ1n) is 2.26. The number of aryl methyl sites for hydroxylation is 1. The summed E-state index contributed by atoms with van der Waals surface area (Å²) >= 11 is 0. The van der Waals surface area contributed by atoms with Crippen LogP contribution in [0, 0.1) is 6.92 Å². The van der Waals surface area contributed by atoms with Gasteiger partial charge in [0.2, 0.25) is 0 Å². The molecule has 0 saturated carbocycles. The maximum Gasteiger partial charge on any atom is 0.335 e. The van der Waals surface area contributed by atoms with Crippen molar-refractivity contribution >= 4 is 0 Å². The lowest BCUT2D eigenvalue weighted by atomic mass is 10.8. The smallest absolute Gasteiger partial charge is 0.335 e. The Kier molecular flexibility index (Phi) is 2.70. The van der Waals surface area contributed by atoms with Crippen LogP contribution in [-0.2, 0) is 0 Å². The van der Waals surface area contributed by atoms with Gasteiger partial charge in [-0.1, -0.05) is 7.43 Å². The van der Waals surface area contributed by atoms with E-state index in [-0.39, 0.29) is 7.43 Å². The van der Waals surface area contributed by atoms with E-state index in [2.05, 4.69) is 19.9 Å². The number of aromatic nitrogens is 3. The molecule has 1 aromatic heterocycles. The van der Waals surface area contributed by atoms with Crippen LogP contribution in [0.25, 0.3) is 0 Å². The molecule has 0 saturated heterocycles. The van der Waals surface area contributed by atoms with Gasteiger partial charge in [-0.05, 0) is 6.92 Å². The Labute approximate surface area is 54.3 Å². The van der Waals surface area contributed by atoms with Crippen molar-refractivity contribution in [2.24, 2.45) is 0 Å². The number of nitrogens with zero attached hydrogens (tertiary/aromatic N) is 2. The van der Waals surface area contributed by atoms with E-state index in [1.54, 1.807) is 0 Å². The Morgan fingerprint density at radius 2 is 2.22 bits per heavy atom. The summed E-state index contributed by atoms with van der Waals surface area (Å²) in [6, 6.07) is 0.391. The Balaban J connectivity index is 0.000000640. The van der Waals surface area contributed by atoms with Gasteiger partial charge in [0, 0.05) is 0 Å². The quantitative estimate of drug-likeness (QED) is 0.609. The molecule has 0 amide bonds. The molecule has 0 aliphatic heterocycles. The highest BCUT2D eigenvalue weighted by atomic mass is 16.5. The molecule has 4 nitrogen and oxygen atoms in total. The molecule has 1 N–H and O–H groups in total. The molecule has 0 spiro atoms. The Morgan fingerprint density at radius 1 is 1.56 bits per heavy atom. The van der Waals surface area contributed by atoms with Crippen molar-refractivity contribution in [2.75, 3.05) is 7.11 Å². The molecule has 0 radical (unpaired) electrons. The Bertz CT molecular complexity index is 172. The fourth-order valence-electron chi connectivity index (χ4n) is 0.413. The summed E-state index contributed by atoms with van der Waals surface area (Å²) in [5.41, 5.74) is 0. The molecule has 52 valence electrons. The molecule has 0 aliphatic carbocycles. The molecule has 0 bridgehead atoms. The molecule has 4 heteroatoms. The summed E-state index contributed by atoms with van der Waals surface area (Å²) < 4.78 is 4.68. The second-order valence-electron chi connectivity index (χ2n) is 1.41. The van der Waals surface area contributed by atoms with E-state index in [1.807, 2.05) is 6.92 Å². The molecule has 1 heterocycles. The SMILES string of the molecule is C.COc1n[nH]c(C)n1. The first-order chi connectivity index (χ1) is 3.83. The van der Waals surface area contributed by atoms with Crippen LogP contribution in [0.5, 0.6) is 6.01 Å². The standard InChI is InChI=1S/C4H7N3O.CH4/c1-3-5-4(8-2)7-6-3;/h1-2H3,(H,5,6,7);1H4. The number of ether oxygens (including phenoxy) is 1. The topological polar surface area (TPSA) is 50.8 Å². The maximum atomic E-state index is 4.68. The Hall–Kier alpha value is -1.06. The van der Waals surface area contributed by atoms with Crippen LogP contribution in [0.4, 0.5) is 0 Å². The second kappa shape index (κ2) is 3.06. The van der Waals surface area contributed by atoms with Gasteiger partial charge in [-0.3, -0.25) is 5.10 Å². The molecule has 0 unspecified atom stereocenters. The summed E-state index contributed by atoms with van der Waals surface area (Å²) in [4.78, 5) is 3.84. The lowest BCUT2D eigenvalue weighted by molar-refractivity contribution is 0.381. The van der Waals surface area contributed by atoms with Gasteiger partial charge in [0.05, 0.1) is 7.11 Å². The second-order valence-corrected chi connectivity index (χ2v) is 1.41. The average molecular weight is 129 g/mol.